The average Bonchev–Trinajstić information content (AvgIpc) is 3.31. The van der Waals surface area contributed by atoms with E-state index in [1.54, 1.807) is 19.1 Å². The van der Waals surface area contributed by atoms with Gasteiger partial charge < -0.3 is 15.0 Å². The molecule has 1 N–H and O–H groups in total. The van der Waals surface area contributed by atoms with Crippen molar-refractivity contribution >= 4 is 11.9 Å². The molecule has 0 radical (unpaired) electrons. The van der Waals surface area contributed by atoms with E-state index in [2.05, 4.69) is 30.5 Å². The first-order valence-electron chi connectivity index (χ1n) is 10.3. The summed E-state index contributed by atoms with van der Waals surface area (Å²) in [5.41, 5.74) is -0.544. The summed E-state index contributed by atoms with van der Waals surface area (Å²) in [4.78, 5) is 27.0. The lowest BCUT2D eigenvalue weighted by molar-refractivity contribution is -0.298. The van der Waals surface area contributed by atoms with Gasteiger partial charge in [-0.1, -0.05) is 0 Å². The molecule has 186 valence electrons. The minimum Gasteiger partial charge on any atom is -0.352 e. The molecule has 1 fully saturated rings. The SMILES string of the molecule is Cc1ccc(-n2nccn2)c(C(=O)N2CC(F)(F)O[C@@H](C)[C@H]2CNc2ncc(C(F)(F)F)cn2)n1. The number of hydrogen-bond acceptors (Lipinski definition) is 8. The lowest BCUT2D eigenvalue weighted by Crippen LogP contribution is -2.61. The van der Waals surface area contributed by atoms with Crippen molar-refractivity contribution in [2.75, 3.05) is 18.4 Å². The summed E-state index contributed by atoms with van der Waals surface area (Å²) in [7, 11) is 0. The van der Waals surface area contributed by atoms with Crippen LogP contribution in [0.2, 0.25) is 0 Å². The number of hydrogen-bond donors (Lipinski definition) is 1. The number of halogens is 5. The standard InChI is InChI=1S/C20H19F5N8O2/c1-11-3-4-14(33-29-5-6-30-33)16(31-11)17(34)32-10-19(21,22)35-12(2)15(32)9-28-18-26-7-13(8-27-18)20(23,24)25/h3-8,12,15H,9-10H2,1-2H3,(H,26,27,28)/t12-,15+/m0/s1. The van der Waals surface area contributed by atoms with Crippen molar-refractivity contribution in [3.8, 4) is 5.69 Å². The Kier molecular flexibility index (Phi) is 6.36. The van der Waals surface area contributed by atoms with Gasteiger partial charge in [0.2, 0.25) is 5.95 Å². The Morgan fingerprint density at radius 3 is 2.49 bits per heavy atom. The van der Waals surface area contributed by atoms with E-state index in [1.807, 2.05) is 0 Å². The third-order valence-electron chi connectivity index (χ3n) is 5.21. The molecule has 15 heteroatoms. The number of nitrogens with one attached hydrogen (secondary N) is 1. The molecule has 0 unspecified atom stereocenters. The third-order valence-corrected chi connectivity index (χ3v) is 5.21. The average molecular weight is 498 g/mol. The molecule has 1 saturated heterocycles. The summed E-state index contributed by atoms with van der Waals surface area (Å²) >= 11 is 0. The van der Waals surface area contributed by atoms with Crippen LogP contribution in [0.25, 0.3) is 5.69 Å². The molecule has 1 aliphatic rings. The van der Waals surface area contributed by atoms with Crippen LogP contribution in [0.1, 0.15) is 28.7 Å². The smallest absolute Gasteiger partial charge is 0.352 e. The Bertz CT molecular complexity index is 1190. The summed E-state index contributed by atoms with van der Waals surface area (Å²) in [6.45, 7) is 1.73. The molecule has 4 rings (SSSR count). The molecule has 35 heavy (non-hydrogen) atoms. The number of pyridine rings is 1. The maximum absolute atomic E-state index is 14.3. The van der Waals surface area contributed by atoms with Crippen LogP contribution in [0.4, 0.5) is 27.9 Å². The van der Waals surface area contributed by atoms with Gasteiger partial charge in [-0.05, 0) is 26.0 Å². The lowest BCUT2D eigenvalue weighted by atomic mass is 10.1. The molecule has 0 spiro atoms. The quantitative estimate of drug-likeness (QED) is 0.535. The summed E-state index contributed by atoms with van der Waals surface area (Å²) in [5.74, 6) is -0.999. The van der Waals surface area contributed by atoms with Crippen molar-refractivity contribution in [2.24, 2.45) is 0 Å². The number of alkyl halides is 5. The van der Waals surface area contributed by atoms with E-state index in [-0.39, 0.29) is 23.9 Å². The number of aromatic nitrogens is 6. The van der Waals surface area contributed by atoms with Gasteiger partial charge in [0.05, 0.1) is 30.1 Å². The Balaban J connectivity index is 1.61. The highest BCUT2D eigenvalue weighted by atomic mass is 19.4. The first-order chi connectivity index (χ1) is 16.4. The third kappa shape index (κ3) is 5.34. The van der Waals surface area contributed by atoms with Crippen molar-refractivity contribution in [2.45, 2.75) is 38.3 Å². The van der Waals surface area contributed by atoms with Crippen molar-refractivity contribution in [1.29, 1.82) is 0 Å². The molecule has 3 aromatic heterocycles. The number of rotatable bonds is 5. The topological polar surface area (TPSA) is 111 Å². The second-order valence-corrected chi connectivity index (χ2v) is 7.77. The second-order valence-electron chi connectivity index (χ2n) is 7.77. The van der Waals surface area contributed by atoms with Gasteiger partial charge in [-0.25, -0.2) is 15.0 Å². The minimum absolute atomic E-state index is 0.151. The van der Waals surface area contributed by atoms with Crippen LogP contribution in [-0.4, -0.2) is 72.1 Å². The molecular formula is C20H19F5N8O2. The van der Waals surface area contributed by atoms with Gasteiger partial charge in [-0.15, -0.1) is 4.80 Å². The predicted molar refractivity (Wildman–Crippen MR) is 110 cm³/mol. The number of nitrogens with zero attached hydrogens (tertiary/aromatic N) is 7. The maximum Gasteiger partial charge on any atom is 0.419 e. The van der Waals surface area contributed by atoms with Gasteiger partial charge in [-0.3, -0.25) is 4.79 Å². The van der Waals surface area contributed by atoms with Crippen LogP contribution >= 0.6 is 0 Å². The van der Waals surface area contributed by atoms with Crippen LogP contribution in [-0.2, 0) is 10.9 Å². The number of ether oxygens (including phenoxy) is 1. The van der Waals surface area contributed by atoms with Crippen LogP contribution in [0, 0.1) is 6.92 Å². The van der Waals surface area contributed by atoms with E-state index in [1.165, 1.54) is 19.3 Å². The Labute approximate surface area is 195 Å². The summed E-state index contributed by atoms with van der Waals surface area (Å²) in [6.07, 6.45) is -5.45. The number of anilines is 1. The molecular weight excluding hydrogens is 479 g/mol. The highest BCUT2D eigenvalue weighted by Crippen LogP contribution is 2.31. The molecule has 4 heterocycles. The van der Waals surface area contributed by atoms with Crippen LogP contribution < -0.4 is 5.32 Å². The molecule has 1 aliphatic heterocycles. The fourth-order valence-corrected chi connectivity index (χ4v) is 3.56. The molecule has 0 aromatic carbocycles. The van der Waals surface area contributed by atoms with Gasteiger partial charge in [-0.2, -0.15) is 32.1 Å². The van der Waals surface area contributed by atoms with Crippen molar-refractivity contribution < 1.29 is 31.5 Å². The van der Waals surface area contributed by atoms with E-state index >= 15 is 0 Å². The highest BCUT2D eigenvalue weighted by Gasteiger charge is 2.48. The summed E-state index contributed by atoms with van der Waals surface area (Å²) in [5, 5.41) is 10.6. The lowest BCUT2D eigenvalue weighted by Gasteiger charge is -2.43. The fourth-order valence-electron chi connectivity index (χ4n) is 3.56. The van der Waals surface area contributed by atoms with E-state index < -0.39 is 42.4 Å². The highest BCUT2D eigenvalue weighted by molar-refractivity contribution is 5.96. The van der Waals surface area contributed by atoms with Crippen LogP contribution in [0.5, 0.6) is 0 Å². The molecule has 10 nitrogen and oxygen atoms in total. The number of carbonyl (C=O) groups is 1. The zero-order valence-corrected chi connectivity index (χ0v) is 18.4. The van der Waals surface area contributed by atoms with Crippen LogP contribution in [0.15, 0.2) is 36.9 Å². The van der Waals surface area contributed by atoms with E-state index in [9.17, 15) is 26.7 Å². The van der Waals surface area contributed by atoms with Crippen molar-refractivity contribution in [3.63, 3.8) is 0 Å². The molecule has 3 aromatic rings. The second kappa shape index (κ2) is 9.13. The normalized spacial score (nSPS) is 20.0. The zero-order chi connectivity index (χ0) is 25.4. The van der Waals surface area contributed by atoms with Gasteiger partial charge in [0.1, 0.15) is 12.2 Å². The zero-order valence-electron chi connectivity index (χ0n) is 18.4. The van der Waals surface area contributed by atoms with Gasteiger partial charge >= 0.3 is 12.3 Å². The predicted octanol–water partition coefficient (Wildman–Crippen LogP) is 2.71. The first kappa shape index (κ1) is 24.4. The van der Waals surface area contributed by atoms with Gasteiger partial charge in [0.25, 0.3) is 5.91 Å². The van der Waals surface area contributed by atoms with Crippen molar-refractivity contribution in [3.05, 3.63) is 53.9 Å². The van der Waals surface area contributed by atoms with Crippen molar-refractivity contribution in [1.82, 2.24) is 34.8 Å². The minimum atomic E-state index is -4.61. The molecule has 1 amide bonds. The number of carbonyl (C=O) groups excluding carboxylic acids is 1. The Morgan fingerprint density at radius 1 is 1.20 bits per heavy atom. The fraction of sp³-hybridized carbons (Fsp3) is 0.400. The number of amides is 1. The molecule has 0 bridgehead atoms. The first-order valence-corrected chi connectivity index (χ1v) is 10.3. The Morgan fingerprint density at radius 2 is 1.86 bits per heavy atom. The number of morpholine rings is 1. The summed E-state index contributed by atoms with van der Waals surface area (Å²) < 4.78 is 71.6. The van der Waals surface area contributed by atoms with E-state index in [0.717, 1.165) is 9.70 Å². The van der Waals surface area contributed by atoms with Gasteiger partial charge in [0.15, 0.2) is 5.69 Å². The van der Waals surface area contributed by atoms with Gasteiger partial charge in [0, 0.05) is 24.6 Å². The van der Waals surface area contributed by atoms with E-state index in [4.69, 9.17) is 4.74 Å². The number of aryl methyl sites for hydroxylation is 1. The molecule has 0 aliphatic carbocycles. The molecule has 0 saturated carbocycles. The summed E-state index contributed by atoms with van der Waals surface area (Å²) in [6, 6.07) is 2.20. The van der Waals surface area contributed by atoms with E-state index in [0.29, 0.717) is 18.1 Å². The maximum atomic E-state index is 14.3. The monoisotopic (exact) mass is 498 g/mol. The largest absolute Gasteiger partial charge is 0.419 e. The van der Waals surface area contributed by atoms with Crippen LogP contribution in [0.3, 0.4) is 0 Å². The molecule has 2 atom stereocenters. The Hall–Kier alpha value is -3.75.